The Morgan fingerprint density at radius 2 is 1.78 bits per heavy atom. The van der Waals surface area contributed by atoms with Crippen LogP contribution >= 0.6 is 0 Å². The van der Waals surface area contributed by atoms with Gasteiger partial charge in [-0.1, -0.05) is 48.0 Å². The Morgan fingerprint density at radius 3 is 2.28 bits per heavy atom. The standard InChI is InChI=1S/C17H35N/c1-12(2)9-14(4)11-17(5,6)15-8-7-13(3)10-16(15)18/h12-16H,7-11,18H2,1-6H3. The normalized spacial score (nSPS) is 31.7. The van der Waals surface area contributed by atoms with Gasteiger partial charge in [-0.05, 0) is 54.8 Å². The molecule has 0 aliphatic heterocycles. The average Bonchev–Trinajstić information content (AvgIpc) is 2.13. The molecule has 0 bridgehead atoms. The second-order valence-electron chi connectivity index (χ2n) is 8.12. The highest BCUT2D eigenvalue weighted by atomic mass is 14.7. The number of nitrogens with two attached hydrogens (primary N) is 1. The summed E-state index contributed by atoms with van der Waals surface area (Å²) < 4.78 is 0. The molecule has 0 spiro atoms. The van der Waals surface area contributed by atoms with Crippen molar-refractivity contribution in [1.29, 1.82) is 0 Å². The fraction of sp³-hybridized carbons (Fsp3) is 1.00. The molecule has 1 aliphatic carbocycles. The van der Waals surface area contributed by atoms with E-state index < -0.39 is 0 Å². The highest BCUT2D eigenvalue weighted by Crippen LogP contribution is 2.43. The zero-order valence-corrected chi connectivity index (χ0v) is 13.5. The lowest BCUT2D eigenvalue weighted by Crippen LogP contribution is -2.44. The predicted octanol–water partition coefficient (Wildman–Crippen LogP) is 4.85. The van der Waals surface area contributed by atoms with Crippen LogP contribution in [0, 0.1) is 29.1 Å². The fourth-order valence-corrected chi connectivity index (χ4v) is 4.33. The second-order valence-corrected chi connectivity index (χ2v) is 8.12. The fourth-order valence-electron chi connectivity index (χ4n) is 4.33. The molecule has 0 aromatic carbocycles. The third-order valence-corrected chi connectivity index (χ3v) is 4.91. The molecule has 4 unspecified atom stereocenters. The van der Waals surface area contributed by atoms with Crippen molar-refractivity contribution >= 4 is 0 Å². The maximum absolute atomic E-state index is 6.43. The van der Waals surface area contributed by atoms with E-state index in [1.54, 1.807) is 0 Å². The lowest BCUT2D eigenvalue weighted by Gasteiger charge is -2.44. The Balaban J connectivity index is 2.56. The van der Waals surface area contributed by atoms with Crippen molar-refractivity contribution in [2.45, 2.75) is 79.7 Å². The first-order valence-corrected chi connectivity index (χ1v) is 7.98. The molecule has 1 saturated carbocycles. The molecule has 1 aliphatic rings. The molecule has 0 radical (unpaired) electrons. The van der Waals surface area contributed by atoms with Crippen molar-refractivity contribution in [2.75, 3.05) is 0 Å². The maximum Gasteiger partial charge on any atom is 0.00747 e. The van der Waals surface area contributed by atoms with Crippen molar-refractivity contribution in [1.82, 2.24) is 0 Å². The van der Waals surface area contributed by atoms with Gasteiger partial charge in [-0.3, -0.25) is 0 Å². The van der Waals surface area contributed by atoms with Gasteiger partial charge in [0.1, 0.15) is 0 Å². The Morgan fingerprint density at radius 1 is 1.17 bits per heavy atom. The summed E-state index contributed by atoms with van der Waals surface area (Å²) in [6.07, 6.45) is 6.62. The van der Waals surface area contributed by atoms with E-state index in [0.29, 0.717) is 11.5 Å². The van der Waals surface area contributed by atoms with Crippen LogP contribution in [0.4, 0.5) is 0 Å². The van der Waals surface area contributed by atoms with Crippen LogP contribution in [0.1, 0.15) is 73.6 Å². The summed E-state index contributed by atoms with van der Waals surface area (Å²) in [4.78, 5) is 0. The molecule has 4 atom stereocenters. The third-order valence-electron chi connectivity index (χ3n) is 4.91. The zero-order chi connectivity index (χ0) is 13.9. The van der Waals surface area contributed by atoms with Gasteiger partial charge in [0.05, 0.1) is 0 Å². The molecule has 108 valence electrons. The van der Waals surface area contributed by atoms with Gasteiger partial charge in [0.15, 0.2) is 0 Å². The van der Waals surface area contributed by atoms with Crippen LogP contribution in [0.3, 0.4) is 0 Å². The van der Waals surface area contributed by atoms with Crippen molar-refractivity contribution < 1.29 is 0 Å². The van der Waals surface area contributed by atoms with Crippen molar-refractivity contribution in [3.63, 3.8) is 0 Å². The first-order valence-electron chi connectivity index (χ1n) is 7.98. The second kappa shape index (κ2) is 6.41. The van der Waals surface area contributed by atoms with E-state index in [9.17, 15) is 0 Å². The number of hydrogen-bond donors (Lipinski definition) is 1. The SMILES string of the molecule is CC(C)CC(C)CC(C)(C)C1CCC(C)CC1N. The van der Waals surface area contributed by atoms with E-state index in [-0.39, 0.29) is 0 Å². The summed E-state index contributed by atoms with van der Waals surface area (Å²) in [5.41, 5.74) is 6.84. The molecule has 0 saturated heterocycles. The van der Waals surface area contributed by atoms with Crippen molar-refractivity contribution in [3.8, 4) is 0 Å². The van der Waals surface area contributed by atoms with Gasteiger partial charge in [-0.2, -0.15) is 0 Å². The molecule has 2 N–H and O–H groups in total. The Bertz CT molecular complexity index is 244. The van der Waals surface area contributed by atoms with Gasteiger partial charge in [0.2, 0.25) is 0 Å². The molecule has 0 aromatic heterocycles. The quantitative estimate of drug-likeness (QED) is 0.745. The van der Waals surface area contributed by atoms with Crippen LogP contribution in [-0.4, -0.2) is 6.04 Å². The van der Waals surface area contributed by atoms with Crippen LogP contribution in [0.15, 0.2) is 0 Å². The molecule has 18 heavy (non-hydrogen) atoms. The molecule has 1 heteroatoms. The van der Waals surface area contributed by atoms with E-state index in [4.69, 9.17) is 5.73 Å². The summed E-state index contributed by atoms with van der Waals surface area (Å²) >= 11 is 0. The van der Waals surface area contributed by atoms with Gasteiger partial charge in [0.25, 0.3) is 0 Å². The van der Waals surface area contributed by atoms with Gasteiger partial charge in [0, 0.05) is 6.04 Å². The largest absolute Gasteiger partial charge is 0.327 e. The van der Waals surface area contributed by atoms with E-state index in [0.717, 1.165) is 23.7 Å². The molecular weight excluding hydrogens is 218 g/mol. The molecule has 1 nitrogen and oxygen atoms in total. The molecule has 0 heterocycles. The summed E-state index contributed by atoms with van der Waals surface area (Å²) in [5.74, 6) is 3.20. The molecule has 1 fully saturated rings. The van der Waals surface area contributed by atoms with E-state index >= 15 is 0 Å². The lowest BCUT2D eigenvalue weighted by atomic mass is 9.63. The minimum atomic E-state index is 0.411. The van der Waals surface area contributed by atoms with Gasteiger partial charge in [-0.25, -0.2) is 0 Å². The lowest BCUT2D eigenvalue weighted by molar-refractivity contribution is 0.0863. The zero-order valence-electron chi connectivity index (χ0n) is 13.5. The Labute approximate surface area is 115 Å². The first kappa shape index (κ1) is 16.0. The Kier molecular flexibility index (Phi) is 5.70. The summed E-state index contributed by atoms with van der Waals surface area (Å²) in [6.45, 7) is 14.3. The van der Waals surface area contributed by atoms with Gasteiger partial charge < -0.3 is 5.73 Å². The van der Waals surface area contributed by atoms with Crippen molar-refractivity contribution in [2.24, 2.45) is 34.8 Å². The van der Waals surface area contributed by atoms with Gasteiger partial charge >= 0.3 is 0 Å². The first-order chi connectivity index (χ1) is 8.22. The minimum Gasteiger partial charge on any atom is -0.327 e. The van der Waals surface area contributed by atoms with Crippen LogP contribution < -0.4 is 5.73 Å². The van der Waals surface area contributed by atoms with Crippen molar-refractivity contribution in [3.05, 3.63) is 0 Å². The number of hydrogen-bond acceptors (Lipinski definition) is 1. The van der Waals surface area contributed by atoms with Gasteiger partial charge in [-0.15, -0.1) is 0 Å². The van der Waals surface area contributed by atoms with Crippen LogP contribution in [0.2, 0.25) is 0 Å². The highest BCUT2D eigenvalue weighted by molar-refractivity contribution is 4.91. The topological polar surface area (TPSA) is 26.0 Å². The molecule has 0 amide bonds. The predicted molar refractivity (Wildman–Crippen MR) is 81.5 cm³/mol. The minimum absolute atomic E-state index is 0.411. The van der Waals surface area contributed by atoms with Crippen LogP contribution in [0.5, 0.6) is 0 Å². The highest BCUT2D eigenvalue weighted by Gasteiger charge is 2.37. The average molecular weight is 253 g/mol. The molecule has 0 aromatic rings. The Hall–Kier alpha value is -0.0400. The number of rotatable bonds is 5. The summed E-state index contributed by atoms with van der Waals surface area (Å²) in [6, 6.07) is 0.426. The molecule has 1 rings (SSSR count). The maximum atomic E-state index is 6.43. The monoisotopic (exact) mass is 253 g/mol. The van der Waals surface area contributed by atoms with E-state index in [1.807, 2.05) is 0 Å². The third kappa shape index (κ3) is 4.57. The summed E-state index contributed by atoms with van der Waals surface area (Å²) in [5, 5.41) is 0. The molecular formula is C17H35N. The summed E-state index contributed by atoms with van der Waals surface area (Å²) in [7, 11) is 0. The van der Waals surface area contributed by atoms with Crippen LogP contribution in [0.25, 0.3) is 0 Å². The van der Waals surface area contributed by atoms with Crippen LogP contribution in [-0.2, 0) is 0 Å². The van der Waals surface area contributed by atoms with E-state index in [2.05, 4.69) is 41.5 Å². The van der Waals surface area contributed by atoms with E-state index in [1.165, 1.54) is 32.1 Å². The smallest absolute Gasteiger partial charge is 0.00747 e.